The summed E-state index contributed by atoms with van der Waals surface area (Å²) >= 11 is 0. The van der Waals surface area contributed by atoms with Crippen molar-refractivity contribution in [2.45, 2.75) is 19.3 Å². The molecule has 0 spiro atoms. The molecular weight excluding hydrogens is 341 g/mol. The third-order valence-corrected chi connectivity index (χ3v) is 4.20. The Morgan fingerprint density at radius 2 is 1.93 bits per heavy atom. The highest BCUT2D eigenvalue weighted by Crippen LogP contribution is 2.25. The summed E-state index contributed by atoms with van der Waals surface area (Å²) in [6.45, 7) is 0. The van der Waals surface area contributed by atoms with Crippen molar-refractivity contribution in [3.63, 3.8) is 0 Å². The van der Waals surface area contributed by atoms with Gasteiger partial charge >= 0.3 is 0 Å². The van der Waals surface area contributed by atoms with Crippen molar-refractivity contribution in [3.8, 4) is 17.2 Å². The van der Waals surface area contributed by atoms with E-state index in [0.717, 1.165) is 17.5 Å². The van der Waals surface area contributed by atoms with Crippen molar-refractivity contribution in [2.24, 2.45) is 0 Å². The second kappa shape index (κ2) is 8.72. The van der Waals surface area contributed by atoms with Gasteiger partial charge in [0, 0.05) is 18.2 Å². The normalized spacial score (nSPS) is 10.2. The molecule has 1 heterocycles. The lowest BCUT2D eigenvalue weighted by atomic mass is 9.99. The molecule has 0 aliphatic rings. The number of carbonyl (C=O) groups is 1. The molecule has 2 aromatic carbocycles. The molecule has 134 valence electrons. The number of nitriles is 1. The summed E-state index contributed by atoms with van der Waals surface area (Å²) in [5, 5.41) is 11.7. The van der Waals surface area contributed by atoms with Crippen LogP contribution in [0.3, 0.4) is 0 Å². The Kier molecular flexibility index (Phi) is 5.91. The molecule has 1 N–H and O–H groups in total. The highest BCUT2D eigenvalue weighted by atomic mass is 19.1. The maximum atomic E-state index is 14.3. The molecule has 0 radical (unpaired) electrons. The summed E-state index contributed by atoms with van der Waals surface area (Å²) < 4.78 is 14.3. The number of halogens is 1. The number of hydrogen-bond acceptors (Lipinski definition) is 3. The average Bonchev–Trinajstić information content (AvgIpc) is 2.69. The highest BCUT2D eigenvalue weighted by Gasteiger charge is 2.09. The monoisotopic (exact) mass is 359 g/mol. The van der Waals surface area contributed by atoms with Gasteiger partial charge in [0.15, 0.2) is 0 Å². The van der Waals surface area contributed by atoms with E-state index in [-0.39, 0.29) is 11.5 Å². The molecule has 3 rings (SSSR count). The SMILES string of the molecule is N#Cc1cccc(-c2ccc(CCCC(=O)Nc3cccnc3)cc2)c1F. The van der Waals surface area contributed by atoms with Gasteiger partial charge in [0.2, 0.25) is 5.91 Å². The molecule has 1 amide bonds. The smallest absolute Gasteiger partial charge is 0.224 e. The Balaban J connectivity index is 1.55. The minimum Gasteiger partial charge on any atom is -0.325 e. The average molecular weight is 359 g/mol. The first-order valence-corrected chi connectivity index (χ1v) is 8.65. The van der Waals surface area contributed by atoms with Crippen molar-refractivity contribution >= 4 is 11.6 Å². The molecule has 0 aliphatic carbocycles. The molecule has 1 aromatic heterocycles. The number of hydrogen-bond donors (Lipinski definition) is 1. The molecule has 0 bridgehead atoms. The Labute approximate surface area is 157 Å². The van der Waals surface area contributed by atoms with Gasteiger partial charge in [0.05, 0.1) is 17.4 Å². The van der Waals surface area contributed by atoms with E-state index < -0.39 is 5.82 Å². The number of pyridine rings is 1. The first-order valence-electron chi connectivity index (χ1n) is 8.65. The highest BCUT2D eigenvalue weighted by molar-refractivity contribution is 5.90. The summed E-state index contributed by atoms with van der Waals surface area (Å²) in [6.07, 6.45) is 5.14. The van der Waals surface area contributed by atoms with Gasteiger partial charge in [-0.1, -0.05) is 36.4 Å². The quantitative estimate of drug-likeness (QED) is 0.692. The van der Waals surface area contributed by atoms with Crippen LogP contribution < -0.4 is 5.32 Å². The second-order valence-corrected chi connectivity index (χ2v) is 6.12. The number of nitrogens with one attached hydrogen (secondary N) is 1. The fraction of sp³-hybridized carbons (Fsp3) is 0.136. The van der Waals surface area contributed by atoms with Crippen molar-refractivity contribution in [2.75, 3.05) is 5.32 Å². The number of carbonyl (C=O) groups excluding carboxylic acids is 1. The van der Waals surface area contributed by atoms with Crippen LogP contribution in [0.25, 0.3) is 11.1 Å². The Hall–Kier alpha value is -3.52. The van der Waals surface area contributed by atoms with Gasteiger partial charge in [-0.15, -0.1) is 0 Å². The maximum absolute atomic E-state index is 14.3. The topological polar surface area (TPSA) is 65.8 Å². The Morgan fingerprint density at radius 1 is 1.11 bits per heavy atom. The Morgan fingerprint density at radius 3 is 2.63 bits per heavy atom. The van der Waals surface area contributed by atoms with Crippen LogP contribution in [0, 0.1) is 17.1 Å². The number of benzene rings is 2. The zero-order valence-corrected chi connectivity index (χ0v) is 14.7. The zero-order valence-electron chi connectivity index (χ0n) is 14.7. The third kappa shape index (κ3) is 4.77. The lowest BCUT2D eigenvalue weighted by molar-refractivity contribution is -0.116. The molecule has 0 aliphatic heterocycles. The van der Waals surface area contributed by atoms with Crippen LogP contribution in [0.4, 0.5) is 10.1 Å². The molecule has 0 unspecified atom stereocenters. The molecule has 5 heteroatoms. The van der Waals surface area contributed by atoms with Crippen molar-refractivity contribution in [3.05, 3.63) is 83.9 Å². The maximum Gasteiger partial charge on any atom is 0.224 e. The van der Waals surface area contributed by atoms with E-state index in [4.69, 9.17) is 5.26 Å². The molecule has 0 saturated carbocycles. The van der Waals surface area contributed by atoms with E-state index in [2.05, 4.69) is 10.3 Å². The number of aromatic nitrogens is 1. The van der Waals surface area contributed by atoms with Crippen molar-refractivity contribution in [1.82, 2.24) is 4.98 Å². The van der Waals surface area contributed by atoms with Gasteiger partial charge < -0.3 is 5.32 Å². The Bertz CT molecular complexity index is 963. The second-order valence-electron chi connectivity index (χ2n) is 6.12. The van der Waals surface area contributed by atoms with Gasteiger partial charge in [-0.3, -0.25) is 9.78 Å². The van der Waals surface area contributed by atoms with E-state index in [1.54, 1.807) is 36.7 Å². The molecular formula is C22H18FN3O. The molecule has 27 heavy (non-hydrogen) atoms. The zero-order chi connectivity index (χ0) is 19.1. The standard InChI is InChI=1S/C22H18FN3O/c23-22-18(14-24)5-2-7-20(22)17-11-9-16(10-12-17)4-1-8-21(27)26-19-6-3-13-25-15-19/h2-3,5-7,9-13,15H,1,4,8H2,(H,26,27). The van der Waals surface area contributed by atoms with Crippen LogP contribution in [-0.4, -0.2) is 10.9 Å². The summed E-state index contributed by atoms with van der Waals surface area (Å²) in [5.41, 5.74) is 2.94. The summed E-state index contributed by atoms with van der Waals surface area (Å²) in [6, 6.07) is 17.7. The minimum absolute atomic E-state index is 0.0382. The van der Waals surface area contributed by atoms with E-state index in [9.17, 15) is 9.18 Å². The fourth-order valence-corrected chi connectivity index (χ4v) is 2.81. The molecule has 3 aromatic rings. The van der Waals surface area contributed by atoms with Crippen LogP contribution in [0.5, 0.6) is 0 Å². The third-order valence-electron chi connectivity index (χ3n) is 4.20. The summed E-state index contributed by atoms with van der Waals surface area (Å²) in [4.78, 5) is 15.9. The number of amides is 1. The summed E-state index contributed by atoms with van der Waals surface area (Å²) in [5.74, 6) is -0.546. The van der Waals surface area contributed by atoms with Gasteiger partial charge in [-0.05, 0) is 42.2 Å². The van der Waals surface area contributed by atoms with Crippen LogP contribution in [0.15, 0.2) is 67.0 Å². The summed E-state index contributed by atoms with van der Waals surface area (Å²) in [7, 11) is 0. The molecule has 0 fully saturated rings. The predicted octanol–water partition coefficient (Wildman–Crippen LogP) is 4.72. The number of rotatable bonds is 6. The van der Waals surface area contributed by atoms with Gasteiger partial charge in [0.25, 0.3) is 0 Å². The van der Waals surface area contributed by atoms with Gasteiger partial charge in [0.1, 0.15) is 11.9 Å². The molecule has 0 saturated heterocycles. The number of anilines is 1. The van der Waals surface area contributed by atoms with E-state index >= 15 is 0 Å². The van der Waals surface area contributed by atoms with E-state index in [1.807, 2.05) is 30.3 Å². The minimum atomic E-state index is -0.500. The lowest BCUT2D eigenvalue weighted by Crippen LogP contribution is -2.11. The van der Waals surface area contributed by atoms with Gasteiger partial charge in [-0.25, -0.2) is 4.39 Å². The first kappa shape index (κ1) is 18.3. The van der Waals surface area contributed by atoms with Crippen molar-refractivity contribution < 1.29 is 9.18 Å². The van der Waals surface area contributed by atoms with Crippen LogP contribution in [0.1, 0.15) is 24.0 Å². The van der Waals surface area contributed by atoms with Crippen LogP contribution >= 0.6 is 0 Å². The van der Waals surface area contributed by atoms with Crippen LogP contribution in [-0.2, 0) is 11.2 Å². The fourth-order valence-electron chi connectivity index (χ4n) is 2.81. The largest absolute Gasteiger partial charge is 0.325 e. The molecule has 4 nitrogen and oxygen atoms in total. The lowest BCUT2D eigenvalue weighted by Gasteiger charge is -2.07. The van der Waals surface area contributed by atoms with Crippen molar-refractivity contribution in [1.29, 1.82) is 5.26 Å². The molecule has 0 atom stereocenters. The number of nitrogens with zero attached hydrogens (tertiary/aromatic N) is 2. The number of aryl methyl sites for hydroxylation is 1. The predicted molar refractivity (Wildman–Crippen MR) is 102 cm³/mol. The first-order chi connectivity index (χ1) is 13.2. The van der Waals surface area contributed by atoms with Crippen LogP contribution in [0.2, 0.25) is 0 Å². The van der Waals surface area contributed by atoms with E-state index in [1.165, 1.54) is 6.07 Å². The van der Waals surface area contributed by atoms with Gasteiger partial charge in [-0.2, -0.15) is 5.26 Å². The van der Waals surface area contributed by atoms with E-state index in [0.29, 0.717) is 24.1 Å².